The van der Waals surface area contributed by atoms with Crippen LogP contribution in [0.1, 0.15) is 37.5 Å². The van der Waals surface area contributed by atoms with Crippen LogP contribution < -0.4 is 0 Å². The molecule has 4 rings (SSSR count). The van der Waals surface area contributed by atoms with Gasteiger partial charge in [-0.2, -0.15) is 0 Å². The van der Waals surface area contributed by atoms with Gasteiger partial charge in [-0.05, 0) is 66.3 Å². The summed E-state index contributed by atoms with van der Waals surface area (Å²) in [4.78, 5) is 4.72. The first-order chi connectivity index (χ1) is 12.3. The van der Waals surface area contributed by atoms with E-state index >= 15 is 0 Å². The zero-order chi connectivity index (χ0) is 18.5. The number of hydrogen-bond donors (Lipinski definition) is 0. The van der Waals surface area contributed by atoms with E-state index in [9.17, 15) is 0 Å². The normalized spacial score (nSPS) is 12.2. The third-order valence-electron chi connectivity index (χ3n) is 4.76. The summed E-state index contributed by atoms with van der Waals surface area (Å²) in [5.74, 6) is 1.01. The first-order valence-electron chi connectivity index (χ1n) is 9.27. The number of imidazole rings is 1. The number of aryl methyl sites for hydroxylation is 2. The number of benzene rings is 2. The fraction of sp³-hybridized carbons (Fsp3) is 0.292. The smallest absolute Gasteiger partial charge is 0.144 e. The van der Waals surface area contributed by atoms with E-state index in [2.05, 4.69) is 87.7 Å². The summed E-state index contributed by atoms with van der Waals surface area (Å²) in [6.45, 7) is 11.1. The van der Waals surface area contributed by atoms with Crippen molar-refractivity contribution >= 4 is 16.3 Å². The molecule has 0 saturated carbocycles. The van der Waals surface area contributed by atoms with Crippen LogP contribution in [0.3, 0.4) is 0 Å². The molecule has 4 aromatic rings. The Labute approximate surface area is 155 Å². The molecule has 0 aliphatic heterocycles. The van der Waals surface area contributed by atoms with Gasteiger partial charge in [-0.1, -0.05) is 50.1 Å². The fourth-order valence-electron chi connectivity index (χ4n) is 3.82. The van der Waals surface area contributed by atoms with Gasteiger partial charge in [0.25, 0.3) is 0 Å². The van der Waals surface area contributed by atoms with Crippen LogP contribution in [0.15, 0.2) is 54.9 Å². The second-order valence-electron chi connectivity index (χ2n) is 8.73. The summed E-state index contributed by atoms with van der Waals surface area (Å²) in [6.07, 6.45) is 5.28. The first kappa shape index (κ1) is 16.8. The van der Waals surface area contributed by atoms with Crippen molar-refractivity contribution in [2.24, 2.45) is 5.41 Å². The lowest BCUT2D eigenvalue weighted by atomic mass is 9.87. The van der Waals surface area contributed by atoms with Crippen molar-refractivity contribution < 1.29 is 0 Å². The Morgan fingerprint density at radius 3 is 2.31 bits per heavy atom. The van der Waals surface area contributed by atoms with Crippen LogP contribution in [0.5, 0.6) is 0 Å². The Kier molecular flexibility index (Phi) is 3.87. The molecule has 0 amide bonds. The summed E-state index contributed by atoms with van der Waals surface area (Å²) in [7, 11) is 0. The van der Waals surface area contributed by atoms with E-state index in [-0.39, 0.29) is 5.41 Å². The second kappa shape index (κ2) is 5.98. The zero-order valence-corrected chi connectivity index (χ0v) is 16.3. The summed E-state index contributed by atoms with van der Waals surface area (Å²) in [5.41, 5.74) is 6.52. The lowest BCUT2D eigenvalue weighted by molar-refractivity contribution is 0.411. The Balaban J connectivity index is 1.88. The van der Waals surface area contributed by atoms with Crippen molar-refractivity contribution in [2.75, 3.05) is 0 Å². The predicted molar refractivity (Wildman–Crippen MR) is 111 cm³/mol. The van der Waals surface area contributed by atoms with Gasteiger partial charge in [-0.3, -0.25) is 4.40 Å². The average molecular weight is 342 g/mol. The third-order valence-corrected chi connectivity index (χ3v) is 4.76. The standard InChI is InChI=1S/C24H26N2/c1-16-8-17(2)10-20(9-16)23-25-14-22-12-19-7-6-18(13-24(3,4)5)11-21(19)15-26(22)23/h6-12,14-15H,13H2,1-5H3. The van der Waals surface area contributed by atoms with Gasteiger partial charge in [0, 0.05) is 11.8 Å². The van der Waals surface area contributed by atoms with Gasteiger partial charge in [-0.15, -0.1) is 0 Å². The number of fused-ring (bicyclic) bond motifs is 2. The van der Waals surface area contributed by atoms with Gasteiger partial charge in [0.2, 0.25) is 0 Å². The lowest BCUT2D eigenvalue weighted by Gasteiger charge is -2.18. The number of hydrogen-bond acceptors (Lipinski definition) is 1. The topological polar surface area (TPSA) is 17.3 Å². The molecule has 0 bridgehead atoms. The maximum Gasteiger partial charge on any atom is 0.144 e. The van der Waals surface area contributed by atoms with Crippen LogP contribution in [0.4, 0.5) is 0 Å². The molecule has 2 heteroatoms. The van der Waals surface area contributed by atoms with Gasteiger partial charge >= 0.3 is 0 Å². The van der Waals surface area contributed by atoms with E-state index in [1.165, 1.54) is 33.0 Å². The van der Waals surface area contributed by atoms with Crippen molar-refractivity contribution in [2.45, 2.75) is 41.0 Å². The Morgan fingerprint density at radius 2 is 1.62 bits per heavy atom. The second-order valence-corrected chi connectivity index (χ2v) is 8.73. The fourth-order valence-corrected chi connectivity index (χ4v) is 3.82. The van der Waals surface area contributed by atoms with Crippen LogP contribution in [0, 0.1) is 19.3 Å². The quantitative estimate of drug-likeness (QED) is 0.414. The molecule has 2 aromatic carbocycles. The van der Waals surface area contributed by atoms with E-state index in [1.54, 1.807) is 0 Å². The van der Waals surface area contributed by atoms with Gasteiger partial charge in [0.1, 0.15) is 5.82 Å². The molecule has 0 spiro atoms. The Hall–Kier alpha value is -2.61. The SMILES string of the molecule is Cc1cc(C)cc(-c2ncc3cc4ccc(CC(C)(C)C)cc4cn23)c1. The Morgan fingerprint density at radius 1 is 0.885 bits per heavy atom. The molecule has 0 radical (unpaired) electrons. The largest absolute Gasteiger partial charge is 0.299 e. The number of nitrogens with zero attached hydrogens (tertiary/aromatic N) is 2. The molecule has 0 aliphatic carbocycles. The molecular weight excluding hydrogens is 316 g/mol. The van der Waals surface area contributed by atoms with Crippen molar-refractivity contribution in [1.29, 1.82) is 0 Å². The molecular formula is C24H26N2. The molecule has 2 aromatic heterocycles. The summed E-state index contributed by atoms with van der Waals surface area (Å²) in [5, 5.41) is 2.53. The van der Waals surface area contributed by atoms with Crippen molar-refractivity contribution in [3.63, 3.8) is 0 Å². The number of rotatable bonds is 2. The van der Waals surface area contributed by atoms with E-state index in [0.29, 0.717) is 0 Å². The van der Waals surface area contributed by atoms with E-state index in [0.717, 1.165) is 17.8 Å². The highest BCUT2D eigenvalue weighted by Crippen LogP contribution is 2.27. The van der Waals surface area contributed by atoms with Crippen molar-refractivity contribution in [3.8, 4) is 11.4 Å². The molecule has 0 N–H and O–H groups in total. The van der Waals surface area contributed by atoms with Crippen LogP contribution in [-0.2, 0) is 6.42 Å². The van der Waals surface area contributed by atoms with Gasteiger partial charge in [0.15, 0.2) is 0 Å². The van der Waals surface area contributed by atoms with E-state index in [1.807, 2.05) is 6.20 Å². The summed E-state index contributed by atoms with van der Waals surface area (Å²) in [6, 6.07) is 15.7. The van der Waals surface area contributed by atoms with Gasteiger partial charge in [0.05, 0.1) is 11.7 Å². The van der Waals surface area contributed by atoms with E-state index in [4.69, 9.17) is 4.98 Å². The molecule has 132 valence electrons. The molecule has 0 atom stereocenters. The number of aromatic nitrogens is 2. The highest BCUT2D eigenvalue weighted by Gasteiger charge is 2.13. The van der Waals surface area contributed by atoms with Gasteiger partial charge in [-0.25, -0.2) is 4.98 Å². The van der Waals surface area contributed by atoms with Crippen molar-refractivity contribution in [3.05, 3.63) is 71.5 Å². The molecule has 0 saturated heterocycles. The van der Waals surface area contributed by atoms with Crippen LogP contribution in [0.25, 0.3) is 27.7 Å². The summed E-state index contributed by atoms with van der Waals surface area (Å²) >= 11 is 0. The van der Waals surface area contributed by atoms with Crippen molar-refractivity contribution in [1.82, 2.24) is 9.38 Å². The van der Waals surface area contributed by atoms with E-state index < -0.39 is 0 Å². The third kappa shape index (κ3) is 3.24. The average Bonchev–Trinajstić information content (AvgIpc) is 2.93. The van der Waals surface area contributed by atoms with Crippen LogP contribution in [0.2, 0.25) is 0 Å². The molecule has 0 aliphatic rings. The molecule has 26 heavy (non-hydrogen) atoms. The molecule has 0 fully saturated rings. The van der Waals surface area contributed by atoms with Crippen LogP contribution >= 0.6 is 0 Å². The first-order valence-corrected chi connectivity index (χ1v) is 9.27. The molecule has 2 nitrogen and oxygen atoms in total. The maximum absolute atomic E-state index is 4.72. The monoisotopic (exact) mass is 342 g/mol. The minimum Gasteiger partial charge on any atom is -0.299 e. The van der Waals surface area contributed by atoms with Crippen LogP contribution in [-0.4, -0.2) is 9.38 Å². The maximum atomic E-state index is 4.72. The number of pyridine rings is 1. The molecule has 2 heterocycles. The van der Waals surface area contributed by atoms with Gasteiger partial charge < -0.3 is 0 Å². The minimum absolute atomic E-state index is 0.289. The molecule has 0 unspecified atom stereocenters. The summed E-state index contributed by atoms with van der Waals surface area (Å²) < 4.78 is 2.22. The lowest BCUT2D eigenvalue weighted by Crippen LogP contribution is -2.08. The highest BCUT2D eigenvalue weighted by molar-refractivity contribution is 5.87. The zero-order valence-electron chi connectivity index (χ0n) is 16.3. The minimum atomic E-state index is 0.289. The highest BCUT2D eigenvalue weighted by atomic mass is 15.0. The predicted octanol–water partition coefficient (Wildman–Crippen LogP) is 6.36. The Bertz CT molecular complexity index is 1090.